The second-order valence-corrected chi connectivity index (χ2v) is 6.18. The Morgan fingerprint density at radius 2 is 1.68 bits per heavy atom. The Balaban J connectivity index is 2.20. The molecule has 2 aromatic carbocycles. The van der Waals surface area contributed by atoms with Gasteiger partial charge in [0.2, 0.25) is 0 Å². The fraction of sp³-hybridized carbons (Fsp3) is 0.350. The summed E-state index contributed by atoms with van der Waals surface area (Å²) in [6.07, 6.45) is -5.54. The monoisotopic (exact) mass is 404 g/mol. The molecule has 0 aliphatic heterocycles. The van der Waals surface area contributed by atoms with Crippen LogP contribution in [0.2, 0.25) is 0 Å². The molecular formula is C20H18F6O2. The van der Waals surface area contributed by atoms with Gasteiger partial charge in [-0.1, -0.05) is 12.1 Å². The molecule has 2 nitrogen and oxygen atoms in total. The summed E-state index contributed by atoms with van der Waals surface area (Å²) in [5.41, 5.74) is -2.36. The van der Waals surface area contributed by atoms with E-state index < -0.39 is 46.3 Å². The Morgan fingerprint density at radius 3 is 2.29 bits per heavy atom. The number of aryl methyl sites for hydroxylation is 2. The molecule has 0 fully saturated rings. The van der Waals surface area contributed by atoms with Gasteiger partial charge in [-0.05, 0) is 49.9 Å². The number of hydrogen-bond donors (Lipinski definition) is 0. The van der Waals surface area contributed by atoms with Crippen molar-refractivity contribution in [2.75, 3.05) is 6.61 Å². The van der Waals surface area contributed by atoms with Crippen molar-refractivity contribution >= 4 is 5.78 Å². The van der Waals surface area contributed by atoms with Gasteiger partial charge in [-0.15, -0.1) is 0 Å². The molecule has 0 atom stereocenters. The molecule has 152 valence electrons. The molecule has 0 aliphatic carbocycles. The highest BCUT2D eigenvalue weighted by atomic mass is 19.4. The molecule has 0 saturated heterocycles. The van der Waals surface area contributed by atoms with Crippen LogP contribution in [0.1, 0.15) is 46.8 Å². The van der Waals surface area contributed by atoms with Gasteiger partial charge in [0.1, 0.15) is 5.56 Å². The van der Waals surface area contributed by atoms with E-state index in [0.29, 0.717) is 0 Å². The maximum absolute atomic E-state index is 14.2. The van der Waals surface area contributed by atoms with Crippen molar-refractivity contribution in [2.45, 2.75) is 39.3 Å². The van der Waals surface area contributed by atoms with Gasteiger partial charge in [0, 0.05) is 12.0 Å². The van der Waals surface area contributed by atoms with E-state index in [0.717, 1.165) is 12.1 Å². The van der Waals surface area contributed by atoms with Crippen LogP contribution in [0, 0.1) is 24.4 Å². The summed E-state index contributed by atoms with van der Waals surface area (Å²) < 4.78 is 86.2. The number of halogens is 6. The SMILES string of the molecule is CCOc1ccc(C(=O)CCCc2ccc(C)c(F)c2F)c(C(F)(F)F)c1F. The Hall–Kier alpha value is -2.51. The number of Topliss-reactive ketones (excluding diaryl/α,β-unsaturated/α-hetero) is 1. The van der Waals surface area contributed by atoms with Crippen LogP contribution in [-0.4, -0.2) is 12.4 Å². The molecular weight excluding hydrogens is 386 g/mol. The number of alkyl halides is 3. The standard InChI is InChI=1S/C20H18F6O2/c1-3-28-15-10-9-13(16(19(15)23)20(24,25)26)14(27)6-4-5-12-8-7-11(2)17(21)18(12)22/h7-10H,3-6H2,1-2H3. The lowest BCUT2D eigenvalue weighted by molar-refractivity contribution is -0.140. The fourth-order valence-corrected chi connectivity index (χ4v) is 2.79. The highest BCUT2D eigenvalue weighted by Crippen LogP contribution is 2.38. The number of carbonyl (C=O) groups excluding carboxylic acids is 1. The van der Waals surface area contributed by atoms with Crippen LogP contribution in [-0.2, 0) is 12.6 Å². The number of hydrogen-bond acceptors (Lipinski definition) is 2. The first-order valence-corrected chi connectivity index (χ1v) is 8.57. The Kier molecular flexibility index (Phi) is 6.74. The number of carbonyl (C=O) groups is 1. The minimum Gasteiger partial charge on any atom is -0.491 e. The van der Waals surface area contributed by atoms with Crippen LogP contribution < -0.4 is 4.74 Å². The average molecular weight is 404 g/mol. The predicted molar refractivity (Wildman–Crippen MR) is 90.9 cm³/mol. The van der Waals surface area contributed by atoms with Crippen LogP contribution in [0.4, 0.5) is 26.3 Å². The number of ketones is 1. The Labute approximate surface area is 158 Å². The molecule has 0 aliphatic rings. The normalized spacial score (nSPS) is 11.6. The van der Waals surface area contributed by atoms with Gasteiger partial charge in [-0.3, -0.25) is 4.79 Å². The van der Waals surface area contributed by atoms with Crippen molar-refractivity contribution in [1.29, 1.82) is 0 Å². The molecule has 8 heteroatoms. The van der Waals surface area contributed by atoms with Crippen LogP contribution in [0.15, 0.2) is 24.3 Å². The summed E-state index contributed by atoms with van der Waals surface area (Å²) in [7, 11) is 0. The summed E-state index contributed by atoms with van der Waals surface area (Å²) >= 11 is 0. The van der Waals surface area contributed by atoms with Gasteiger partial charge in [0.05, 0.1) is 6.61 Å². The highest BCUT2D eigenvalue weighted by molar-refractivity contribution is 5.98. The Bertz CT molecular complexity index is 874. The molecule has 0 N–H and O–H groups in total. The van der Waals surface area contributed by atoms with Gasteiger partial charge >= 0.3 is 6.18 Å². The van der Waals surface area contributed by atoms with Gasteiger partial charge in [-0.2, -0.15) is 13.2 Å². The zero-order valence-electron chi connectivity index (χ0n) is 15.2. The lowest BCUT2D eigenvalue weighted by Gasteiger charge is -2.16. The van der Waals surface area contributed by atoms with E-state index in [1.807, 2.05) is 0 Å². The van der Waals surface area contributed by atoms with Crippen LogP contribution >= 0.6 is 0 Å². The molecule has 0 unspecified atom stereocenters. The van der Waals surface area contributed by atoms with Gasteiger partial charge in [-0.25, -0.2) is 13.2 Å². The van der Waals surface area contributed by atoms with Crippen molar-refractivity contribution < 1.29 is 35.9 Å². The number of ether oxygens (including phenoxy) is 1. The molecule has 28 heavy (non-hydrogen) atoms. The van der Waals surface area contributed by atoms with Gasteiger partial charge < -0.3 is 4.74 Å². The van der Waals surface area contributed by atoms with Gasteiger partial charge in [0.25, 0.3) is 0 Å². The summed E-state index contributed by atoms with van der Waals surface area (Å²) in [5, 5.41) is 0. The van der Waals surface area contributed by atoms with E-state index in [4.69, 9.17) is 4.74 Å². The third-order valence-corrected chi connectivity index (χ3v) is 4.20. The van der Waals surface area contributed by atoms with Crippen LogP contribution in [0.3, 0.4) is 0 Å². The molecule has 2 rings (SSSR count). The van der Waals surface area contributed by atoms with E-state index >= 15 is 0 Å². The van der Waals surface area contributed by atoms with E-state index in [-0.39, 0.29) is 37.0 Å². The summed E-state index contributed by atoms with van der Waals surface area (Å²) in [6.45, 7) is 2.84. The van der Waals surface area contributed by atoms with Crippen molar-refractivity contribution in [2.24, 2.45) is 0 Å². The zero-order chi connectivity index (χ0) is 21.1. The molecule has 0 spiro atoms. The van der Waals surface area contributed by atoms with E-state index in [2.05, 4.69) is 0 Å². The quantitative estimate of drug-likeness (QED) is 0.416. The van der Waals surface area contributed by atoms with Crippen molar-refractivity contribution in [3.05, 3.63) is 64.0 Å². The summed E-state index contributed by atoms with van der Waals surface area (Å²) in [6, 6.07) is 4.57. The van der Waals surface area contributed by atoms with Crippen molar-refractivity contribution in [3.8, 4) is 5.75 Å². The largest absolute Gasteiger partial charge is 0.491 e. The summed E-state index contributed by atoms with van der Waals surface area (Å²) in [4.78, 5) is 12.3. The first kappa shape index (κ1) is 21.8. The molecule has 0 heterocycles. The first-order valence-electron chi connectivity index (χ1n) is 8.57. The molecule has 0 radical (unpaired) electrons. The van der Waals surface area contributed by atoms with E-state index in [9.17, 15) is 31.1 Å². The topological polar surface area (TPSA) is 26.3 Å². The molecule has 0 amide bonds. The predicted octanol–water partition coefficient (Wildman–Crippen LogP) is 6.04. The molecule has 0 bridgehead atoms. The number of rotatable bonds is 7. The van der Waals surface area contributed by atoms with Crippen LogP contribution in [0.5, 0.6) is 5.75 Å². The van der Waals surface area contributed by atoms with E-state index in [1.54, 1.807) is 0 Å². The highest BCUT2D eigenvalue weighted by Gasteiger charge is 2.39. The minimum absolute atomic E-state index is 0.0184. The second kappa shape index (κ2) is 8.67. The maximum Gasteiger partial charge on any atom is 0.420 e. The third-order valence-electron chi connectivity index (χ3n) is 4.20. The Morgan fingerprint density at radius 1 is 1.00 bits per heavy atom. The zero-order valence-corrected chi connectivity index (χ0v) is 15.2. The lowest BCUT2D eigenvalue weighted by Crippen LogP contribution is -2.17. The van der Waals surface area contributed by atoms with E-state index in [1.165, 1.54) is 26.0 Å². The molecule has 0 saturated carbocycles. The summed E-state index contributed by atoms with van der Waals surface area (Å²) in [5.74, 6) is -5.23. The maximum atomic E-state index is 14.2. The van der Waals surface area contributed by atoms with Crippen LogP contribution in [0.25, 0.3) is 0 Å². The lowest BCUT2D eigenvalue weighted by atomic mass is 9.97. The first-order chi connectivity index (χ1) is 13.1. The number of benzene rings is 2. The average Bonchev–Trinajstić information content (AvgIpc) is 2.62. The molecule has 0 aromatic heterocycles. The van der Waals surface area contributed by atoms with Crippen molar-refractivity contribution in [3.63, 3.8) is 0 Å². The molecule has 2 aromatic rings. The minimum atomic E-state index is -5.09. The second-order valence-electron chi connectivity index (χ2n) is 6.18. The van der Waals surface area contributed by atoms with Crippen molar-refractivity contribution in [1.82, 2.24) is 0 Å². The smallest absolute Gasteiger partial charge is 0.420 e. The van der Waals surface area contributed by atoms with Gasteiger partial charge in [0.15, 0.2) is 29.0 Å². The fourth-order valence-electron chi connectivity index (χ4n) is 2.79. The third kappa shape index (κ3) is 4.66.